The topological polar surface area (TPSA) is 86.8 Å². The Kier molecular flexibility index (Phi) is 8.55. The first-order valence-electron chi connectivity index (χ1n) is 12.6. The van der Waals surface area contributed by atoms with Crippen LogP contribution in [-0.4, -0.2) is 43.8 Å². The third kappa shape index (κ3) is 5.63. The normalized spacial score (nSPS) is 15.3. The van der Waals surface area contributed by atoms with Gasteiger partial charge in [0.05, 0.1) is 20.6 Å². The summed E-state index contributed by atoms with van der Waals surface area (Å²) in [6.45, 7) is 5.88. The second-order valence-electron chi connectivity index (χ2n) is 9.58. The molecule has 0 fully saturated rings. The van der Waals surface area contributed by atoms with Crippen molar-refractivity contribution in [3.8, 4) is 0 Å². The SMILES string of the molecule is CCC(C)NC(=O)C(C)N(Cc1ccc(Cl)c(Cl)c1)C(=O)CCCN1c2cccc3cccc(c23)S1(=O)=O. The fourth-order valence-corrected chi connectivity index (χ4v) is 6.67. The predicted octanol–water partition coefficient (Wildman–Crippen LogP) is 5.77. The van der Waals surface area contributed by atoms with Crippen molar-refractivity contribution in [3.63, 3.8) is 0 Å². The van der Waals surface area contributed by atoms with E-state index in [1.54, 1.807) is 43.3 Å². The molecule has 3 aromatic rings. The van der Waals surface area contributed by atoms with Gasteiger partial charge in [-0.1, -0.05) is 60.5 Å². The predicted molar refractivity (Wildman–Crippen MR) is 152 cm³/mol. The zero-order valence-corrected chi connectivity index (χ0v) is 23.9. The Morgan fingerprint density at radius 2 is 1.74 bits per heavy atom. The summed E-state index contributed by atoms with van der Waals surface area (Å²) in [5, 5.41) is 5.26. The Morgan fingerprint density at radius 1 is 1.03 bits per heavy atom. The molecule has 2 atom stereocenters. The molecular formula is C28H31Cl2N3O4S. The molecule has 0 aromatic heterocycles. The van der Waals surface area contributed by atoms with Crippen LogP contribution in [0.5, 0.6) is 0 Å². The molecule has 0 radical (unpaired) electrons. The minimum absolute atomic E-state index is 0.0309. The molecule has 2 unspecified atom stereocenters. The van der Waals surface area contributed by atoms with Crippen molar-refractivity contribution in [1.29, 1.82) is 0 Å². The van der Waals surface area contributed by atoms with Crippen LogP contribution in [-0.2, 0) is 26.2 Å². The third-order valence-corrected chi connectivity index (χ3v) is 9.53. The van der Waals surface area contributed by atoms with Crippen molar-refractivity contribution in [2.75, 3.05) is 10.8 Å². The second-order valence-corrected chi connectivity index (χ2v) is 12.2. The van der Waals surface area contributed by atoms with E-state index in [1.165, 1.54) is 9.21 Å². The van der Waals surface area contributed by atoms with Crippen LogP contribution in [0.1, 0.15) is 45.6 Å². The molecule has 7 nitrogen and oxygen atoms in total. The number of rotatable bonds is 10. The van der Waals surface area contributed by atoms with Crippen LogP contribution >= 0.6 is 23.2 Å². The maximum absolute atomic E-state index is 13.5. The fourth-order valence-electron chi connectivity index (χ4n) is 4.60. The summed E-state index contributed by atoms with van der Waals surface area (Å²) in [7, 11) is -3.70. The van der Waals surface area contributed by atoms with E-state index in [1.807, 2.05) is 32.0 Å². The van der Waals surface area contributed by atoms with Crippen molar-refractivity contribution in [3.05, 3.63) is 70.2 Å². The molecule has 202 valence electrons. The van der Waals surface area contributed by atoms with Gasteiger partial charge in [-0.25, -0.2) is 8.42 Å². The highest BCUT2D eigenvalue weighted by Gasteiger charge is 2.35. The van der Waals surface area contributed by atoms with Gasteiger partial charge < -0.3 is 10.2 Å². The monoisotopic (exact) mass is 575 g/mol. The molecule has 38 heavy (non-hydrogen) atoms. The smallest absolute Gasteiger partial charge is 0.265 e. The van der Waals surface area contributed by atoms with Gasteiger partial charge in [-0.15, -0.1) is 0 Å². The number of amides is 2. The van der Waals surface area contributed by atoms with Crippen LogP contribution in [0, 0.1) is 0 Å². The average Bonchev–Trinajstić information content (AvgIpc) is 3.11. The van der Waals surface area contributed by atoms with Gasteiger partial charge in [0.1, 0.15) is 6.04 Å². The lowest BCUT2D eigenvalue weighted by molar-refractivity contribution is -0.140. The molecule has 10 heteroatoms. The number of benzene rings is 3. The van der Waals surface area contributed by atoms with Gasteiger partial charge in [-0.05, 0) is 61.9 Å². The van der Waals surface area contributed by atoms with Gasteiger partial charge in [0.25, 0.3) is 10.0 Å². The standard InChI is InChI=1S/C28H31Cl2N3O4S/c1-4-18(2)31-28(35)19(3)32(17-20-13-14-22(29)23(30)16-20)26(34)12-7-15-33-24-10-5-8-21-9-6-11-25(27(21)24)38(33,36)37/h5-6,8-11,13-14,16,18-19H,4,7,12,15,17H2,1-3H3,(H,31,35). The number of carbonyl (C=O) groups is 2. The number of anilines is 1. The molecule has 1 heterocycles. The minimum atomic E-state index is -3.70. The third-order valence-electron chi connectivity index (χ3n) is 6.94. The largest absolute Gasteiger partial charge is 0.352 e. The van der Waals surface area contributed by atoms with E-state index in [0.29, 0.717) is 27.5 Å². The Hall–Kier alpha value is -2.81. The molecule has 4 rings (SSSR count). The lowest BCUT2D eigenvalue weighted by atomic mass is 10.1. The molecular weight excluding hydrogens is 545 g/mol. The summed E-state index contributed by atoms with van der Waals surface area (Å²) < 4.78 is 27.9. The maximum Gasteiger partial charge on any atom is 0.265 e. The fraction of sp³-hybridized carbons (Fsp3) is 0.357. The first kappa shape index (κ1) is 28.2. The van der Waals surface area contributed by atoms with E-state index in [9.17, 15) is 18.0 Å². The molecule has 0 saturated heterocycles. The van der Waals surface area contributed by atoms with E-state index in [0.717, 1.165) is 17.4 Å². The molecule has 1 aliphatic rings. The van der Waals surface area contributed by atoms with Crippen LogP contribution in [0.2, 0.25) is 10.0 Å². The Labute approximate surface area is 233 Å². The number of carbonyl (C=O) groups excluding carboxylic acids is 2. The van der Waals surface area contributed by atoms with Crippen LogP contribution in [0.4, 0.5) is 5.69 Å². The molecule has 3 aromatic carbocycles. The zero-order valence-electron chi connectivity index (χ0n) is 21.6. The quantitative estimate of drug-likeness (QED) is 0.332. The number of nitrogens with one attached hydrogen (secondary N) is 1. The first-order chi connectivity index (χ1) is 18.0. The average molecular weight is 577 g/mol. The Balaban J connectivity index is 1.51. The van der Waals surface area contributed by atoms with Crippen LogP contribution in [0.25, 0.3) is 10.8 Å². The Bertz CT molecular complexity index is 1470. The van der Waals surface area contributed by atoms with Gasteiger partial charge in [0.15, 0.2) is 0 Å². The molecule has 1 aliphatic heterocycles. The number of hydrogen-bond acceptors (Lipinski definition) is 4. The van der Waals surface area contributed by atoms with Crippen molar-refractivity contribution in [2.45, 2.75) is 63.6 Å². The Morgan fingerprint density at radius 3 is 2.42 bits per heavy atom. The van der Waals surface area contributed by atoms with E-state index >= 15 is 0 Å². The maximum atomic E-state index is 13.5. The molecule has 0 bridgehead atoms. The number of nitrogens with zero attached hydrogens (tertiary/aromatic N) is 2. The van der Waals surface area contributed by atoms with Crippen molar-refractivity contribution < 1.29 is 18.0 Å². The summed E-state index contributed by atoms with van der Waals surface area (Å²) in [6, 6.07) is 15.1. The van der Waals surface area contributed by atoms with Crippen molar-refractivity contribution >= 4 is 61.5 Å². The van der Waals surface area contributed by atoms with Crippen LogP contribution < -0.4 is 9.62 Å². The van der Waals surface area contributed by atoms with E-state index in [4.69, 9.17) is 23.2 Å². The summed E-state index contributed by atoms with van der Waals surface area (Å²) in [6.07, 6.45) is 1.12. The van der Waals surface area contributed by atoms with Gasteiger partial charge in [0.2, 0.25) is 11.8 Å². The number of sulfonamides is 1. The lowest BCUT2D eigenvalue weighted by Crippen LogP contribution is -2.49. The highest BCUT2D eigenvalue weighted by Crippen LogP contribution is 2.42. The van der Waals surface area contributed by atoms with Gasteiger partial charge >= 0.3 is 0 Å². The van der Waals surface area contributed by atoms with E-state index in [2.05, 4.69) is 5.32 Å². The summed E-state index contributed by atoms with van der Waals surface area (Å²) in [4.78, 5) is 28.2. The summed E-state index contributed by atoms with van der Waals surface area (Å²) in [5.41, 5.74) is 1.36. The van der Waals surface area contributed by atoms with E-state index < -0.39 is 16.1 Å². The minimum Gasteiger partial charge on any atom is -0.352 e. The van der Waals surface area contributed by atoms with Crippen LogP contribution in [0.15, 0.2) is 59.5 Å². The second kappa shape index (κ2) is 11.5. The number of halogens is 2. The summed E-state index contributed by atoms with van der Waals surface area (Å²) in [5.74, 6) is -0.507. The molecule has 0 saturated carbocycles. The van der Waals surface area contributed by atoms with Gasteiger partial charge in [-0.3, -0.25) is 13.9 Å². The highest BCUT2D eigenvalue weighted by molar-refractivity contribution is 7.93. The first-order valence-corrected chi connectivity index (χ1v) is 14.8. The molecule has 0 aliphatic carbocycles. The molecule has 1 N–H and O–H groups in total. The van der Waals surface area contributed by atoms with Gasteiger partial charge in [0, 0.05) is 30.9 Å². The zero-order chi connectivity index (χ0) is 27.6. The molecule has 0 spiro atoms. The van der Waals surface area contributed by atoms with E-state index in [-0.39, 0.29) is 42.3 Å². The van der Waals surface area contributed by atoms with Crippen molar-refractivity contribution in [1.82, 2.24) is 10.2 Å². The van der Waals surface area contributed by atoms with Crippen LogP contribution in [0.3, 0.4) is 0 Å². The van der Waals surface area contributed by atoms with Gasteiger partial charge in [-0.2, -0.15) is 0 Å². The van der Waals surface area contributed by atoms with Crippen molar-refractivity contribution in [2.24, 2.45) is 0 Å². The lowest BCUT2D eigenvalue weighted by Gasteiger charge is -2.30. The molecule has 2 amide bonds. The number of hydrogen-bond donors (Lipinski definition) is 1. The summed E-state index contributed by atoms with van der Waals surface area (Å²) >= 11 is 12.2. The highest BCUT2D eigenvalue weighted by atomic mass is 35.5.